The van der Waals surface area contributed by atoms with Crippen LogP contribution in [-0.2, 0) is 6.54 Å². The van der Waals surface area contributed by atoms with E-state index in [2.05, 4.69) is 26.6 Å². The van der Waals surface area contributed by atoms with Crippen LogP contribution in [-0.4, -0.2) is 39.2 Å². The Labute approximate surface area is 160 Å². The molecule has 1 aliphatic heterocycles. The first kappa shape index (κ1) is 19.0. The molecule has 0 bridgehead atoms. The zero-order valence-corrected chi connectivity index (χ0v) is 16.1. The van der Waals surface area contributed by atoms with Crippen LogP contribution in [0.5, 0.6) is 5.75 Å². The molecule has 1 fully saturated rings. The Morgan fingerprint density at radius 2 is 2.11 bits per heavy atom. The summed E-state index contributed by atoms with van der Waals surface area (Å²) in [5.41, 5.74) is 2.66. The average molecular weight is 370 g/mol. The van der Waals surface area contributed by atoms with Crippen molar-refractivity contribution in [3.63, 3.8) is 0 Å². The summed E-state index contributed by atoms with van der Waals surface area (Å²) < 4.78 is 19.2. The molecule has 27 heavy (non-hydrogen) atoms. The largest absolute Gasteiger partial charge is 0.495 e. The van der Waals surface area contributed by atoms with Crippen LogP contribution < -0.4 is 20.3 Å². The van der Waals surface area contributed by atoms with E-state index in [-0.39, 0.29) is 11.9 Å². The molecule has 1 aliphatic rings. The Morgan fingerprint density at radius 1 is 1.30 bits per heavy atom. The van der Waals surface area contributed by atoms with Gasteiger partial charge in [-0.2, -0.15) is 0 Å². The molecule has 0 saturated carbocycles. The molecule has 1 saturated heterocycles. The average Bonchev–Trinajstić information content (AvgIpc) is 3.16. The van der Waals surface area contributed by atoms with E-state index in [0.29, 0.717) is 12.1 Å². The summed E-state index contributed by atoms with van der Waals surface area (Å²) in [5.74, 6) is 1.44. The van der Waals surface area contributed by atoms with Gasteiger partial charge in [-0.1, -0.05) is 24.3 Å². The van der Waals surface area contributed by atoms with Crippen LogP contribution in [0, 0.1) is 12.7 Å². The molecule has 1 atom stereocenters. The summed E-state index contributed by atoms with van der Waals surface area (Å²) >= 11 is 0. The molecule has 2 aromatic rings. The van der Waals surface area contributed by atoms with Crippen molar-refractivity contribution in [2.45, 2.75) is 25.9 Å². The number of benzene rings is 2. The van der Waals surface area contributed by atoms with E-state index in [0.717, 1.165) is 42.5 Å². The number of halogens is 1. The Hall–Kier alpha value is -2.76. The smallest absolute Gasteiger partial charge is 0.191 e. The zero-order chi connectivity index (χ0) is 19.2. The third-order valence-corrected chi connectivity index (χ3v) is 4.87. The van der Waals surface area contributed by atoms with Gasteiger partial charge in [-0.3, -0.25) is 4.99 Å². The topological polar surface area (TPSA) is 48.9 Å². The first-order valence-corrected chi connectivity index (χ1v) is 9.21. The summed E-state index contributed by atoms with van der Waals surface area (Å²) in [7, 11) is 3.45. The van der Waals surface area contributed by atoms with Gasteiger partial charge in [0.05, 0.1) is 12.8 Å². The van der Waals surface area contributed by atoms with E-state index >= 15 is 0 Å². The first-order chi connectivity index (χ1) is 13.1. The van der Waals surface area contributed by atoms with Crippen molar-refractivity contribution in [3.05, 3.63) is 59.4 Å². The van der Waals surface area contributed by atoms with Crippen LogP contribution in [0.1, 0.15) is 17.5 Å². The number of nitrogens with one attached hydrogen (secondary N) is 2. The Bertz CT molecular complexity index is 809. The molecule has 0 spiro atoms. The van der Waals surface area contributed by atoms with Gasteiger partial charge >= 0.3 is 0 Å². The van der Waals surface area contributed by atoms with E-state index in [9.17, 15) is 4.39 Å². The lowest BCUT2D eigenvalue weighted by atomic mass is 10.1. The van der Waals surface area contributed by atoms with E-state index in [1.54, 1.807) is 33.2 Å². The Kier molecular flexibility index (Phi) is 6.16. The molecule has 144 valence electrons. The van der Waals surface area contributed by atoms with Crippen LogP contribution in [0.25, 0.3) is 0 Å². The van der Waals surface area contributed by atoms with Crippen molar-refractivity contribution >= 4 is 11.6 Å². The van der Waals surface area contributed by atoms with Gasteiger partial charge in [-0.25, -0.2) is 4.39 Å². The quantitative estimate of drug-likeness (QED) is 0.627. The summed E-state index contributed by atoms with van der Waals surface area (Å²) in [6.45, 7) is 4.12. The van der Waals surface area contributed by atoms with Gasteiger partial charge in [0.2, 0.25) is 0 Å². The number of rotatable bonds is 5. The lowest BCUT2D eigenvalue weighted by Crippen LogP contribution is -2.44. The highest BCUT2D eigenvalue weighted by molar-refractivity contribution is 5.80. The van der Waals surface area contributed by atoms with Gasteiger partial charge in [-0.15, -0.1) is 0 Å². The van der Waals surface area contributed by atoms with Crippen molar-refractivity contribution in [1.29, 1.82) is 0 Å². The second-order valence-corrected chi connectivity index (χ2v) is 6.76. The van der Waals surface area contributed by atoms with Gasteiger partial charge in [0.25, 0.3) is 0 Å². The summed E-state index contributed by atoms with van der Waals surface area (Å²) in [5, 5.41) is 6.73. The molecule has 1 heterocycles. The lowest BCUT2D eigenvalue weighted by Gasteiger charge is -2.22. The van der Waals surface area contributed by atoms with Crippen molar-refractivity contribution in [3.8, 4) is 5.75 Å². The zero-order valence-electron chi connectivity index (χ0n) is 16.1. The maximum absolute atomic E-state index is 13.7. The molecule has 3 rings (SSSR count). The summed E-state index contributed by atoms with van der Waals surface area (Å²) in [6, 6.07) is 13.7. The monoisotopic (exact) mass is 370 g/mol. The van der Waals surface area contributed by atoms with Crippen molar-refractivity contribution < 1.29 is 9.13 Å². The summed E-state index contributed by atoms with van der Waals surface area (Å²) in [6.07, 6.45) is 1.01. The predicted octanol–water partition coefficient (Wildman–Crippen LogP) is 3.09. The number of aryl methyl sites for hydroxylation is 1. The number of hydrogen-bond donors (Lipinski definition) is 2. The number of anilines is 1. The molecule has 0 amide bonds. The number of nitrogens with zero attached hydrogens (tertiary/aromatic N) is 2. The number of para-hydroxylation sites is 2. The third kappa shape index (κ3) is 4.70. The van der Waals surface area contributed by atoms with Crippen LogP contribution in [0.4, 0.5) is 10.1 Å². The fourth-order valence-electron chi connectivity index (χ4n) is 3.31. The van der Waals surface area contributed by atoms with Gasteiger partial charge in [0.15, 0.2) is 5.96 Å². The molecule has 0 aromatic heterocycles. The second-order valence-electron chi connectivity index (χ2n) is 6.76. The standard InChI is InChI=1S/C21H27FN4O/c1-15-8-9-16(12-18(15)22)13-24-21(23-2)25-17-10-11-26(14-17)19-6-4-5-7-20(19)27-3/h4-9,12,17H,10-11,13-14H2,1-3H3,(H2,23,24,25). The molecule has 5 nitrogen and oxygen atoms in total. The maximum Gasteiger partial charge on any atom is 0.191 e. The molecular weight excluding hydrogens is 343 g/mol. The number of guanidine groups is 1. The predicted molar refractivity (Wildman–Crippen MR) is 108 cm³/mol. The SMILES string of the molecule is CN=C(NCc1ccc(C)c(F)c1)NC1CCN(c2ccccc2OC)C1. The van der Waals surface area contributed by atoms with E-state index < -0.39 is 0 Å². The van der Waals surface area contributed by atoms with Gasteiger partial charge in [0, 0.05) is 32.7 Å². The summed E-state index contributed by atoms with van der Waals surface area (Å²) in [4.78, 5) is 6.61. The van der Waals surface area contributed by atoms with Gasteiger partial charge in [0.1, 0.15) is 11.6 Å². The van der Waals surface area contributed by atoms with E-state index in [4.69, 9.17) is 4.74 Å². The van der Waals surface area contributed by atoms with Crippen molar-refractivity contribution in [2.75, 3.05) is 32.1 Å². The third-order valence-electron chi connectivity index (χ3n) is 4.87. The minimum Gasteiger partial charge on any atom is -0.495 e. The molecule has 2 aromatic carbocycles. The van der Waals surface area contributed by atoms with Crippen LogP contribution in [0.3, 0.4) is 0 Å². The number of methoxy groups -OCH3 is 1. The Morgan fingerprint density at radius 3 is 2.85 bits per heavy atom. The van der Waals surface area contributed by atoms with Crippen LogP contribution in [0.2, 0.25) is 0 Å². The normalized spacial score (nSPS) is 17.1. The highest BCUT2D eigenvalue weighted by Gasteiger charge is 2.25. The van der Waals surface area contributed by atoms with Crippen LogP contribution in [0.15, 0.2) is 47.5 Å². The first-order valence-electron chi connectivity index (χ1n) is 9.21. The van der Waals surface area contributed by atoms with Crippen LogP contribution >= 0.6 is 0 Å². The molecule has 2 N–H and O–H groups in total. The molecule has 0 radical (unpaired) electrons. The minimum atomic E-state index is -0.180. The molecule has 0 aliphatic carbocycles. The fraction of sp³-hybridized carbons (Fsp3) is 0.381. The lowest BCUT2D eigenvalue weighted by molar-refractivity contribution is 0.415. The second kappa shape index (κ2) is 8.75. The van der Waals surface area contributed by atoms with Gasteiger partial charge in [-0.05, 0) is 42.7 Å². The van der Waals surface area contributed by atoms with Crippen molar-refractivity contribution in [2.24, 2.45) is 4.99 Å². The van der Waals surface area contributed by atoms with E-state index in [1.807, 2.05) is 24.3 Å². The number of aliphatic imine (C=N–C) groups is 1. The molecule has 1 unspecified atom stereocenters. The van der Waals surface area contributed by atoms with Crippen molar-refractivity contribution in [1.82, 2.24) is 10.6 Å². The van der Waals surface area contributed by atoms with Gasteiger partial charge < -0.3 is 20.3 Å². The molecule has 6 heteroatoms. The number of ether oxygens (including phenoxy) is 1. The Balaban J connectivity index is 1.55. The minimum absolute atomic E-state index is 0.180. The number of hydrogen-bond acceptors (Lipinski definition) is 3. The maximum atomic E-state index is 13.7. The highest BCUT2D eigenvalue weighted by Crippen LogP contribution is 2.30. The fourth-order valence-corrected chi connectivity index (χ4v) is 3.31. The molecular formula is C21H27FN4O. The van der Waals surface area contributed by atoms with E-state index in [1.165, 1.54) is 0 Å². The highest BCUT2D eigenvalue weighted by atomic mass is 19.1.